The van der Waals surface area contributed by atoms with Gasteiger partial charge in [-0.25, -0.2) is 9.07 Å². The first kappa shape index (κ1) is 12.2. The lowest BCUT2D eigenvalue weighted by molar-refractivity contribution is 0.102. The molecule has 1 N–H and O–H groups in total. The topological polar surface area (TPSA) is 60.1 Å². The van der Waals surface area contributed by atoms with Crippen molar-refractivity contribution in [3.05, 3.63) is 66.6 Å². The number of hydrogen-bond donors (Lipinski definition) is 1. The smallest absolute Gasteiger partial charge is 0.259 e. The zero-order valence-corrected chi connectivity index (χ0v) is 10.3. The van der Waals surface area contributed by atoms with Gasteiger partial charge in [-0.3, -0.25) is 4.79 Å². The molecule has 2 heterocycles. The van der Waals surface area contributed by atoms with Gasteiger partial charge in [0.2, 0.25) is 0 Å². The highest BCUT2D eigenvalue weighted by atomic mass is 19.1. The summed E-state index contributed by atoms with van der Waals surface area (Å²) in [5, 5.41) is 6.67. The van der Waals surface area contributed by atoms with E-state index in [-0.39, 0.29) is 11.7 Å². The highest BCUT2D eigenvalue weighted by molar-refractivity contribution is 6.03. The van der Waals surface area contributed by atoms with Crippen LogP contribution >= 0.6 is 0 Å². The Bertz CT molecular complexity index is 734. The van der Waals surface area contributed by atoms with E-state index in [0.717, 1.165) is 0 Å². The van der Waals surface area contributed by atoms with Crippen molar-refractivity contribution in [2.75, 3.05) is 5.32 Å². The third-order valence-corrected chi connectivity index (χ3v) is 2.72. The van der Waals surface area contributed by atoms with Crippen molar-refractivity contribution in [1.29, 1.82) is 0 Å². The number of nitrogens with one attached hydrogen (secondary N) is 1. The van der Waals surface area contributed by atoms with Crippen LogP contribution in [0, 0.1) is 5.82 Å². The second-order valence-corrected chi connectivity index (χ2v) is 4.09. The van der Waals surface area contributed by atoms with Gasteiger partial charge in [-0.2, -0.15) is 5.10 Å². The van der Waals surface area contributed by atoms with Crippen LogP contribution in [0.25, 0.3) is 5.69 Å². The summed E-state index contributed by atoms with van der Waals surface area (Å²) < 4.78 is 19.8. The van der Waals surface area contributed by atoms with Gasteiger partial charge in [0.1, 0.15) is 17.8 Å². The Labute approximate surface area is 113 Å². The normalized spacial score (nSPS) is 10.4. The van der Waals surface area contributed by atoms with E-state index >= 15 is 0 Å². The molecule has 0 spiro atoms. The summed E-state index contributed by atoms with van der Waals surface area (Å²) >= 11 is 0. The van der Waals surface area contributed by atoms with Crippen molar-refractivity contribution in [2.24, 2.45) is 0 Å². The standard InChI is InChI=1S/C14H10FN3O2/c15-12-3-1-2-4-13(12)18-8-11(7-16-18)17-14(19)10-5-6-20-9-10/h1-9H,(H,17,19). The van der Waals surface area contributed by atoms with Gasteiger partial charge in [0.05, 0.1) is 29.9 Å². The van der Waals surface area contributed by atoms with Gasteiger partial charge in [-0.1, -0.05) is 12.1 Å². The molecule has 0 aliphatic rings. The Hall–Kier alpha value is -2.89. The SMILES string of the molecule is O=C(Nc1cnn(-c2ccccc2F)c1)c1ccoc1. The fraction of sp³-hybridized carbons (Fsp3) is 0. The van der Waals surface area contributed by atoms with E-state index in [9.17, 15) is 9.18 Å². The molecule has 5 nitrogen and oxygen atoms in total. The maximum atomic E-state index is 13.6. The fourth-order valence-electron chi connectivity index (χ4n) is 1.75. The number of carbonyl (C=O) groups excluding carboxylic acids is 1. The summed E-state index contributed by atoms with van der Waals surface area (Å²) in [6.45, 7) is 0. The van der Waals surface area contributed by atoms with Gasteiger partial charge in [0, 0.05) is 0 Å². The number of furan rings is 1. The molecule has 0 aliphatic carbocycles. The first-order valence-electron chi connectivity index (χ1n) is 5.87. The minimum absolute atomic E-state index is 0.313. The lowest BCUT2D eigenvalue weighted by Gasteiger charge is -2.02. The summed E-state index contributed by atoms with van der Waals surface area (Å²) in [6, 6.07) is 7.81. The Kier molecular flexibility index (Phi) is 3.04. The second-order valence-electron chi connectivity index (χ2n) is 4.09. The van der Waals surface area contributed by atoms with Crippen LogP contribution < -0.4 is 5.32 Å². The molecule has 0 unspecified atom stereocenters. The quantitative estimate of drug-likeness (QED) is 0.796. The Morgan fingerprint density at radius 1 is 1.30 bits per heavy atom. The number of para-hydroxylation sites is 1. The molecule has 1 aromatic carbocycles. The number of nitrogens with zero attached hydrogens (tertiary/aromatic N) is 2. The predicted molar refractivity (Wildman–Crippen MR) is 70.2 cm³/mol. The maximum absolute atomic E-state index is 13.6. The predicted octanol–water partition coefficient (Wildman–Crippen LogP) is 2.86. The monoisotopic (exact) mass is 271 g/mol. The second kappa shape index (κ2) is 5.00. The van der Waals surface area contributed by atoms with Crippen LogP contribution in [0.4, 0.5) is 10.1 Å². The summed E-state index contributed by atoms with van der Waals surface area (Å²) in [7, 11) is 0. The molecule has 0 atom stereocenters. The van der Waals surface area contributed by atoms with Crippen molar-refractivity contribution < 1.29 is 13.6 Å². The number of halogens is 1. The van der Waals surface area contributed by atoms with E-state index in [0.29, 0.717) is 16.9 Å². The molecule has 0 saturated heterocycles. The first-order valence-corrected chi connectivity index (χ1v) is 5.87. The Morgan fingerprint density at radius 3 is 2.90 bits per heavy atom. The molecular weight excluding hydrogens is 261 g/mol. The zero-order chi connectivity index (χ0) is 13.9. The number of amides is 1. The molecule has 20 heavy (non-hydrogen) atoms. The lowest BCUT2D eigenvalue weighted by atomic mass is 10.3. The van der Waals surface area contributed by atoms with Crippen LogP contribution in [0.1, 0.15) is 10.4 Å². The van der Waals surface area contributed by atoms with Crippen LogP contribution in [-0.2, 0) is 0 Å². The molecule has 0 aliphatic heterocycles. The van der Waals surface area contributed by atoms with Crippen molar-refractivity contribution >= 4 is 11.6 Å². The van der Waals surface area contributed by atoms with Crippen LogP contribution in [0.2, 0.25) is 0 Å². The van der Waals surface area contributed by atoms with E-state index in [1.807, 2.05) is 0 Å². The highest BCUT2D eigenvalue weighted by Gasteiger charge is 2.10. The molecule has 0 radical (unpaired) electrons. The molecule has 6 heteroatoms. The average molecular weight is 271 g/mol. The molecule has 100 valence electrons. The third kappa shape index (κ3) is 2.31. The van der Waals surface area contributed by atoms with Gasteiger partial charge in [0.25, 0.3) is 5.91 Å². The van der Waals surface area contributed by atoms with Gasteiger partial charge in [-0.15, -0.1) is 0 Å². The van der Waals surface area contributed by atoms with E-state index in [1.165, 1.54) is 35.7 Å². The minimum atomic E-state index is -0.386. The van der Waals surface area contributed by atoms with Gasteiger partial charge < -0.3 is 9.73 Å². The lowest BCUT2D eigenvalue weighted by Crippen LogP contribution is -2.10. The average Bonchev–Trinajstić information content (AvgIpc) is 3.10. The van der Waals surface area contributed by atoms with Crippen LogP contribution in [0.15, 0.2) is 59.7 Å². The maximum Gasteiger partial charge on any atom is 0.259 e. The van der Waals surface area contributed by atoms with Crippen molar-refractivity contribution in [1.82, 2.24) is 9.78 Å². The molecule has 0 saturated carbocycles. The Balaban J connectivity index is 1.81. The first-order chi connectivity index (χ1) is 9.74. The van der Waals surface area contributed by atoms with Crippen molar-refractivity contribution in [3.8, 4) is 5.69 Å². The summed E-state index contributed by atoms with van der Waals surface area (Å²) in [6.07, 6.45) is 5.75. The molecule has 1 amide bonds. The highest BCUT2D eigenvalue weighted by Crippen LogP contribution is 2.15. The summed E-state index contributed by atoms with van der Waals surface area (Å²) in [4.78, 5) is 11.8. The zero-order valence-electron chi connectivity index (χ0n) is 10.3. The molecule has 0 bridgehead atoms. The molecule has 0 fully saturated rings. The molecule has 2 aromatic heterocycles. The number of benzene rings is 1. The summed E-state index contributed by atoms with van der Waals surface area (Å²) in [5.74, 6) is -0.699. The van der Waals surface area contributed by atoms with E-state index < -0.39 is 0 Å². The number of carbonyl (C=O) groups is 1. The van der Waals surface area contributed by atoms with Crippen LogP contribution in [-0.4, -0.2) is 15.7 Å². The number of rotatable bonds is 3. The van der Waals surface area contributed by atoms with Crippen LogP contribution in [0.5, 0.6) is 0 Å². The number of anilines is 1. The van der Waals surface area contributed by atoms with Crippen molar-refractivity contribution in [2.45, 2.75) is 0 Å². The minimum Gasteiger partial charge on any atom is -0.472 e. The van der Waals surface area contributed by atoms with E-state index in [1.54, 1.807) is 24.3 Å². The van der Waals surface area contributed by atoms with E-state index in [2.05, 4.69) is 10.4 Å². The fourth-order valence-corrected chi connectivity index (χ4v) is 1.75. The Morgan fingerprint density at radius 2 is 2.15 bits per heavy atom. The largest absolute Gasteiger partial charge is 0.472 e. The van der Waals surface area contributed by atoms with Gasteiger partial charge in [-0.05, 0) is 18.2 Å². The molecule has 3 aromatic rings. The van der Waals surface area contributed by atoms with Crippen LogP contribution in [0.3, 0.4) is 0 Å². The van der Waals surface area contributed by atoms with Gasteiger partial charge in [0.15, 0.2) is 0 Å². The number of hydrogen-bond acceptors (Lipinski definition) is 3. The van der Waals surface area contributed by atoms with E-state index in [4.69, 9.17) is 4.42 Å². The number of aromatic nitrogens is 2. The summed E-state index contributed by atoms with van der Waals surface area (Å²) in [5.41, 5.74) is 1.19. The molecule has 3 rings (SSSR count). The third-order valence-electron chi connectivity index (χ3n) is 2.72. The molecular formula is C14H10FN3O2. The van der Waals surface area contributed by atoms with Crippen molar-refractivity contribution in [3.63, 3.8) is 0 Å². The van der Waals surface area contributed by atoms with Gasteiger partial charge >= 0.3 is 0 Å².